The molecule has 0 saturated carbocycles. The Bertz CT molecular complexity index is 1450. The third-order valence-corrected chi connectivity index (χ3v) is 8.72. The van der Waals surface area contributed by atoms with Gasteiger partial charge in [0.2, 0.25) is 10.0 Å². The fourth-order valence-electron chi connectivity index (χ4n) is 4.44. The van der Waals surface area contributed by atoms with Crippen LogP contribution in [-0.4, -0.2) is 57.4 Å². The van der Waals surface area contributed by atoms with E-state index in [1.165, 1.54) is 22.5 Å². The van der Waals surface area contributed by atoms with Crippen LogP contribution in [0.2, 0.25) is 5.02 Å². The van der Waals surface area contributed by atoms with E-state index in [1.54, 1.807) is 6.07 Å². The van der Waals surface area contributed by atoms with Crippen molar-refractivity contribution in [1.29, 1.82) is 0 Å². The SMILES string of the molecule is CC(C)(C)c1ccccc1NC(=O)COC(=O)c1cc(S(=O)(=O)N2CCN(c3ccccc3)CC2)ccc1Cl. The maximum absolute atomic E-state index is 13.3. The van der Waals surface area contributed by atoms with Gasteiger partial charge in [-0.3, -0.25) is 4.79 Å². The van der Waals surface area contributed by atoms with Crippen LogP contribution in [-0.2, 0) is 25.0 Å². The topological polar surface area (TPSA) is 96.0 Å². The van der Waals surface area contributed by atoms with E-state index in [1.807, 2.05) is 69.3 Å². The van der Waals surface area contributed by atoms with Crippen LogP contribution in [0.1, 0.15) is 36.7 Å². The molecule has 39 heavy (non-hydrogen) atoms. The lowest BCUT2D eigenvalue weighted by Crippen LogP contribution is -2.48. The molecular formula is C29H32ClN3O5S. The molecule has 8 nitrogen and oxygen atoms in total. The molecule has 1 heterocycles. The summed E-state index contributed by atoms with van der Waals surface area (Å²) in [6.45, 7) is 7.23. The molecule has 4 rings (SSSR count). The fourth-order valence-corrected chi connectivity index (χ4v) is 6.08. The first-order valence-corrected chi connectivity index (χ1v) is 14.4. The van der Waals surface area contributed by atoms with Crippen LogP contribution in [0.5, 0.6) is 0 Å². The maximum Gasteiger partial charge on any atom is 0.340 e. The van der Waals surface area contributed by atoms with Gasteiger partial charge in [0.15, 0.2) is 6.61 Å². The van der Waals surface area contributed by atoms with Crippen molar-refractivity contribution in [2.24, 2.45) is 0 Å². The Hall–Kier alpha value is -3.40. The van der Waals surface area contributed by atoms with Gasteiger partial charge in [0, 0.05) is 37.6 Å². The van der Waals surface area contributed by atoms with E-state index < -0.39 is 28.5 Å². The smallest absolute Gasteiger partial charge is 0.340 e. The predicted octanol–water partition coefficient (Wildman–Crippen LogP) is 4.94. The number of esters is 1. The van der Waals surface area contributed by atoms with Gasteiger partial charge in [-0.2, -0.15) is 4.31 Å². The maximum atomic E-state index is 13.3. The first kappa shape index (κ1) is 28.6. The Balaban J connectivity index is 1.41. The molecule has 3 aromatic rings. The summed E-state index contributed by atoms with van der Waals surface area (Å²) in [7, 11) is -3.87. The van der Waals surface area contributed by atoms with Crippen LogP contribution in [0.3, 0.4) is 0 Å². The van der Waals surface area contributed by atoms with Crippen LogP contribution < -0.4 is 10.2 Å². The minimum atomic E-state index is -3.87. The number of hydrogen-bond acceptors (Lipinski definition) is 6. The Morgan fingerprint density at radius 2 is 1.56 bits per heavy atom. The number of para-hydroxylation sites is 2. The van der Waals surface area contributed by atoms with E-state index in [2.05, 4.69) is 10.2 Å². The highest BCUT2D eigenvalue weighted by atomic mass is 35.5. The molecule has 3 aromatic carbocycles. The Kier molecular flexibility index (Phi) is 8.64. The summed E-state index contributed by atoms with van der Waals surface area (Å²) in [5, 5.41) is 2.81. The number of amides is 1. The molecule has 0 aliphatic carbocycles. The van der Waals surface area contributed by atoms with Crippen molar-refractivity contribution in [3.8, 4) is 0 Å². The van der Waals surface area contributed by atoms with Gasteiger partial charge in [-0.1, -0.05) is 68.8 Å². The van der Waals surface area contributed by atoms with E-state index in [-0.39, 0.29) is 20.9 Å². The van der Waals surface area contributed by atoms with Crippen molar-refractivity contribution in [3.63, 3.8) is 0 Å². The van der Waals surface area contributed by atoms with Crippen LogP contribution in [0, 0.1) is 0 Å². The standard InChI is InChI=1S/C29H32ClN3O5S/c1-29(2,3)24-11-7-8-12-26(24)31-27(34)20-38-28(35)23-19-22(13-14-25(23)30)39(36,37)33-17-15-32(16-18-33)21-9-5-4-6-10-21/h4-14,19H,15-18,20H2,1-3H3,(H,31,34). The Labute approximate surface area is 234 Å². The lowest BCUT2D eigenvalue weighted by Gasteiger charge is -2.35. The summed E-state index contributed by atoms with van der Waals surface area (Å²) >= 11 is 6.21. The number of anilines is 2. The average molecular weight is 570 g/mol. The molecule has 0 spiro atoms. The zero-order chi connectivity index (χ0) is 28.2. The number of carbonyl (C=O) groups is 2. The van der Waals surface area contributed by atoms with Gasteiger partial charge < -0.3 is 15.0 Å². The lowest BCUT2D eigenvalue weighted by molar-refractivity contribution is -0.119. The summed E-state index contributed by atoms with van der Waals surface area (Å²) < 4.78 is 33.3. The molecule has 1 aliphatic rings. The number of nitrogens with one attached hydrogen (secondary N) is 1. The number of rotatable bonds is 7. The predicted molar refractivity (Wildman–Crippen MR) is 153 cm³/mol. The molecule has 0 aromatic heterocycles. The number of hydrogen-bond donors (Lipinski definition) is 1. The molecule has 206 valence electrons. The number of carbonyl (C=O) groups excluding carboxylic acids is 2. The van der Waals surface area contributed by atoms with Crippen LogP contribution in [0.25, 0.3) is 0 Å². The van der Waals surface area contributed by atoms with Crippen LogP contribution in [0.4, 0.5) is 11.4 Å². The molecule has 0 atom stereocenters. The van der Waals surface area contributed by atoms with Crippen molar-refractivity contribution in [2.45, 2.75) is 31.1 Å². The van der Waals surface area contributed by atoms with Gasteiger partial charge in [-0.15, -0.1) is 0 Å². The van der Waals surface area contributed by atoms with Gasteiger partial charge in [0.25, 0.3) is 5.91 Å². The van der Waals surface area contributed by atoms with E-state index in [4.69, 9.17) is 16.3 Å². The fraction of sp³-hybridized carbons (Fsp3) is 0.310. The van der Waals surface area contributed by atoms with Gasteiger partial charge in [0.05, 0.1) is 15.5 Å². The number of halogens is 1. The van der Waals surface area contributed by atoms with E-state index in [9.17, 15) is 18.0 Å². The Morgan fingerprint density at radius 3 is 2.23 bits per heavy atom. The van der Waals surface area contributed by atoms with Crippen LogP contribution in [0.15, 0.2) is 77.7 Å². The van der Waals surface area contributed by atoms with E-state index in [0.29, 0.717) is 31.9 Å². The Morgan fingerprint density at radius 1 is 0.923 bits per heavy atom. The quantitative estimate of drug-likeness (QED) is 0.405. The molecule has 1 amide bonds. The third kappa shape index (κ3) is 6.79. The number of benzene rings is 3. The van der Waals surface area contributed by atoms with Gasteiger partial charge in [-0.25, -0.2) is 13.2 Å². The molecule has 10 heteroatoms. The van der Waals surface area contributed by atoms with Gasteiger partial charge >= 0.3 is 5.97 Å². The van der Waals surface area contributed by atoms with Crippen LogP contribution >= 0.6 is 11.6 Å². The average Bonchev–Trinajstić information content (AvgIpc) is 2.92. The van der Waals surface area contributed by atoms with E-state index >= 15 is 0 Å². The summed E-state index contributed by atoms with van der Waals surface area (Å²) in [5.41, 5.74) is 2.29. The number of nitrogens with zero attached hydrogens (tertiary/aromatic N) is 2. The molecule has 0 unspecified atom stereocenters. The second kappa shape index (κ2) is 11.8. The normalized spacial score (nSPS) is 14.6. The van der Waals surface area contributed by atoms with Gasteiger partial charge in [0.1, 0.15) is 0 Å². The second-order valence-electron chi connectivity index (χ2n) is 10.3. The molecule has 0 bridgehead atoms. The minimum Gasteiger partial charge on any atom is -0.452 e. The van der Waals surface area contributed by atoms with Crippen molar-refractivity contribution in [2.75, 3.05) is 43.0 Å². The molecule has 0 radical (unpaired) electrons. The highest BCUT2D eigenvalue weighted by Crippen LogP contribution is 2.29. The molecule has 1 aliphatic heterocycles. The molecule has 1 N–H and O–H groups in total. The number of sulfonamides is 1. The van der Waals surface area contributed by atoms with Gasteiger partial charge in [-0.05, 0) is 47.4 Å². The highest BCUT2D eigenvalue weighted by Gasteiger charge is 2.30. The monoisotopic (exact) mass is 569 g/mol. The zero-order valence-electron chi connectivity index (χ0n) is 22.2. The van der Waals surface area contributed by atoms with Crippen molar-refractivity contribution < 1.29 is 22.7 Å². The number of piperazine rings is 1. The summed E-state index contributed by atoms with van der Waals surface area (Å²) in [6.07, 6.45) is 0. The second-order valence-corrected chi connectivity index (χ2v) is 12.6. The largest absolute Gasteiger partial charge is 0.452 e. The van der Waals surface area contributed by atoms with Crippen molar-refractivity contribution >= 4 is 44.9 Å². The summed E-state index contributed by atoms with van der Waals surface area (Å²) in [5.74, 6) is -1.40. The van der Waals surface area contributed by atoms with Crippen molar-refractivity contribution in [1.82, 2.24) is 4.31 Å². The first-order valence-electron chi connectivity index (χ1n) is 12.6. The number of ether oxygens (including phenoxy) is 1. The molecular weight excluding hydrogens is 538 g/mol. The summed E-state index contributed by atoms with van der Waals surface area (Å²) in [4.78, 5) is 27.4. The van der Waals surface area contributed by atoms with Crippen molar-refractivity contribution in [3.05, 3.63) is 88.9 Å². The minimum absolute atomic E-state index is 0.0336. The van der Waals surface area contributed by atoms with E-state index in [0.717, 1.165) is 11.3 Å². The molecule has 1 fully saturated rings. The zero-order valence-corrected chi connectivity index (χ0v) is 23.8. The first-order chi connectivity index (χ1) is 18.5. The highest BCUT2D eigenvalue weighted by molar-refractivity contribution is 7.89. The molecule has 1 saturated heterocycles. The lowest BCUT2D eigenvalue weighted by atomic mass is 9.86. The third-order valence-electron chi connectivity index (χ3n) is 6.50. The summed E-state index contributed by atoms with van der Waals surface area (Å²) in [6, 6.07) is 21.1.